The van der Waals surface area contributed by atoms with E-state index in [4.69, 9.17) is 10.4 Å². The molecule has 2 N–H and O–H groups in total. The maximum absolute atomic E-state index is 10.7. The van der Waals surface area contributed by atoms with Gasteiger partial charge in [0, 0.05) is 0 Å². The zero-order valence-corrected chi connectivity index (χ0v) is 8.20. The van der Waals surface area contributed by atoms with Crippen LogP contribution in [0.25, 0.3) is 0 Å². The minimum atomic E-state index is -1.21. The maximum Gasteiger partial charge on any atom is 0.341 e. The molecule has 0 atom stereocenters. The van der Waals surface area contributed by atoms with Gasteiger partial charge in [-0.05, 0) is 6.26 Å². The molecule has 13 heavy (non-hydrogen) atoms. The van der Waals surface area contributed by atoms with Crippen LogP contribution in [0, 0.1) is 11.3 Å². The quantitative estimate of drug-likeness (QED) is 0.734. The summed E-state index contributed by atoms with van der Waals surface area (Å²) in [7, 11) is 0. The summed E-state index contributed by atoms with van der Waals surface area (Å²) in [5.41, 5.74) is -0.172. The highest BCUT2D eigenvalue weighted by atomic mass is 32.2. The van der Waals surface area contributed by atoms with Gasteiger partial charge in [0.1, 0.15) is 16.5 Å². The van der Waals surface area contributed by atoms with Gasteiger partial charge in [-0.2, -0.15) is 5.26 Å². The van der Waals surface area contributed by atoms with E-state index in [2.05, 4.69) is 0 Å². The van der Waals surface area contributed by atoms with Gasteiger partial charge in [0.2, 0.25) is 0 Å². The smallest absolute Gasteiger partial charge is 0.341 e. The number of aromatic carboxylic acids is 1. The fourth-order valence-electron chi connectivity index (χ4n) is 0.810. The van der Waals surface area contributed by atoms with E-state index in [0.717, 1.165) is 11.3 Å². The Balaban J connectivity index is 3.39. The molecule has 0 saturated carbocycles. The summed E-state index contributed by atoms with van der Waals surface area (Å²) in [4.78, 5) is 10.7. The molecule has 0 aromatic carbocycles. The predicted molar refractivity (Wildman–Crippen MR) is 49.4 cm³/mol. The van der Waals surface area contributed by atoms with Gasteiger partial charge in [-0.25, -0.2) is 4.79 Å². The van der Waals surface area contributed by atoms with E-state index in [9.17, 15) is 9.90 Å². The van der Waals surface area contributed by atoms with E-state index in [1.165, 1.54) is 11.8 Å². The first kappa shape index (κ1) is 9.89. The molecular formula is C7H5NO3S2. The number of nitriles is 1. The minimum absolute atomic E-state index is 0.0433. The summed E-state index contributed by atoms with van der Waals surface area (Å²) < 4.78 is 0.446. The molecule has 6 heteroatoms. The molecule has 0 fully saturated rings. The van der Waals surface area contributed by atoms with Gasteiger partial charge in [0.25, 0.3) is 0 Å². The number of thiophene rings is 1. The summed E-state index contributed by atoms with van der Waals surface area (Å²) in [5.74, 6) is -1.64. The van der Waals surface area contributed by atoms with Gasteiger partial charge in [0.15, 0.2) is 5.75 Å². The Hall–Kier alpha value is -1.19. The van der Waals surface area contributed by atoms with Gasteiger partial charge in [-0.15, -0.1) is 23.1 Å². The van der Waals surface area contributed by atoms with E-state index >= 15 is 0 Å². The van der Waals surface area contributed by atoms with E-state index in [0.29, 0.717) is 4.21 Å². The van der Waals surface area contributed by atoms with Crippen LogP contribution in [0.5, 0.6) is 5.75 Å². The first-order valence-corrected chi connectivity index (χ1v) is 5.19. The standard InChI is InChI=1S/C7H5NO3S2/c1-12-7-4(6(10)11)5(9)3(2-8)13-7/h9H,1H3,(H,10,11). The number of hydrogen-bond donors (Lipinski definition) is 2. The predicted octanol–water partition coefficient (Wildman–Crippen LogP) is 1.75. The van der Waals surface area contributed by atoms with Crippen LogP contribution in [-0.2, 0) is 0 Å². The zero-order valence-electron chi connectivity index (χ0n) is 6.57. The largest absolute Gasteiger partial charge is 0.505 e. The number of aromatic hydroxyl groups is 1. The minimum Gasteiger partial charge on any atom is -0.505 e. The van der Waals surface area contributed by atoms with Gasteiger partial charge in [-0.1, -0.05) is 0 Å². The first-order valence-electron chi connectivity index (χ1n) is 3.15. The second kappa shape index (κ2) is 3.68. The zero-order chi connectivity index (χ0) is 10.0. The van der Waals surface area contributed by atoms with Crippen LogP contribution in [0.4, 0.5) is 0 Å². The molecule has 0 aliphatic carbocycles. The molecule has 68 valence electrons. The van der Waals surface area contributed by atoms with Crippen molar-refractivity contribution in [2.24, 2.45) is 0 Å². The van der Waals surface area contributed by atoms with Crippen LogP contribution in [0.1, 0.15) is 15.2 Å². The van der Waals surface area contributed by atoms with Crippen molar-refractivity contribution in [3.63, 3.8) is 0 Å². The molecule has 1 aromatic heterocycles. The average Bonchev–Trinajstić information content (AvgIpc) is 2.41. The Morgan fingerprint density at radius 1 is 1.69 bits per heavy atom. The second-order valence-corrected chi connectivity index (χ2v) is 4.16. The summed E-state index contributed by atoms with van der Waals surface area (Å²) in [6, 6.07) is 1.74. The van der Waals surface area contributed by atoms with Crippen molar-refractivity contribution in [1.82, 2.24) is 0 Å². The third kappa shape index (κ3) is 1.61. The monoisotopic (exact) mass is 215 g/mol. The lowest BCUT2D eigenvalue weighted by atomic mass is 10.3. The molecule has 1 heterocycles. The average molecular weight is 215 g/mol. The highest BCUT2D eigenvalue weighted by Gasteiger charge is 2.22. The third-order valence-corrected chi connectivity index (χ3v) is 3.55. The lowest BCUT2D eigenvalue weighted by Crippen LogP contribution is -1.95. The van der Waals surface area contributed by atoms with Crippen molar-refractivity contribution >= 4 is 29.1 Å². The number of rotatable bonds is 2. The number of thioether (sulfide) groups is 1. The molecule has 0 aliphatic rings. The molecule has 0 saturated heterocycles. The fraction of sp³-hybridized carbons (Fsp3) is 0.143. The lowest BCUT2D eigenvalue weighted by Gasteiger charge is -1.93. The fourth-order valence-corrected chi connectivity index (χ4v) is 2.50. The summed E-state index contributed by atoms with van der Waals surface area (Å²) in [6.45, 7) is 0. The number of nitrogens with zero attached hydrogens (tertiary/aromatic N) is 1. The van der Waals surface area contributed by atoms with Crippen LogP contribution in [0.15, 0.2) is 4.21 Å². The van der Waals surface area contributed by atoms with Crippen LogP contribution in [-0.4, -0.2) is 22.4 Å². The topological polar surface area (TPSA) is 81.3 Å². The van der Waals surface area contributed by atoms with Crippen LogP contribution < -0.4 is 0 Å². The van der Waals surface area contributed by atoms with Crippen molar-refractivity contribution in [2.45, 2.75) is 4.21 Å². The Morgan fingerprint density at radius 2 is 2.31 bits per heavy atom. The molecule has 0 bridgehead atoms. The SMILES string of the molecule is CSc1sc(C#N)c(O)c1C(=O)O. The highest BCUT2D eigenvalue weighted by molar-refractivity contribution is 8.00. The van der Waals surface area contributed by atoms with E-state index in [1.54, 1.807) is 12.3 Å². The normalized spacial score (nSPS) is 9.54. The maximum atomic E-state index is 10.7. The molecule has 1 rings (SSSR count). The summed E-state index contributed by atoms with van der Waals surface area (Å²) >= 11 is 2.19. The molecular weight excluding hydrogens is 210 g/mol. The number of carboxylic acids is 1. The second-order valence-electron chi connectivity index (χ2n) is 2.06. The van der Waals surface area contributed by atoms with Crippen molar-refractivity contribution in [2.75, 3.05) is 6.26 Å². The Kier molecular flexibility index (Phi) is 2.80. The van der Waals surface area contributed by atoms with Crippen molar-refractivity contribution in [3.05, 3.63) is 10.4 Å². The van der Waals surface area contributed by atoms with Crippen molar-refractivity contribution in [1.29, 1.82) is 5.26 Å². The first-order chi connectivity index (χ1) is 6.11. The highest BCUT2D eigenvalue weighted by Crippen LogP contribution is 2.39. The molecule has 0 radical (unpaired) electrons. The van der Waals surface area contributed by atoms with E-state index in [-0.39, 0.29) is 10.4 Å². The van der Waals surface area contributed by atoms with Crippen molar-refractivity contribution in [3.8, 4) is 11.8 Å². The van der Waals surface area contributed by atoms with Crippen LogP contribution in [0.2, 0.25) is 0 Å². The number of carbonyl (C=O) groups is 1. The Bertz CT molecular complexity index is 391. The van der Waals surface area contributed by atoms with Gasteiger partial charge >= 0.3 is 5.97 Å². The molecule has 0 amide bonds. The van der Waals surface area contributed by atoms with Crippen LogP contribution >= 0.6 is 23.1 Å². The number of hydrogen-bond acceptors (Lipinski definition) is 5. The van der Waals surface area contributed by atoms with E-state index < -0.39 is 11.7 Å². The van der Waals surface area contributed by atoms with Gasteiger partial charge in [0.05, 0.1) is 4.21 Å². The third-order valence-electron chi connectivity index (χ3n) is 1.35. The molecule has 0 spiro atoms. The number of carboxylic acid groups (broad SMARTS) is 1. The molecule has 0 aliphatic heterocycles. The summed E-state index contributed by atoms with van der Waals surface area (Å²) in [6.07, 6.45) is 1.69. The Labute approximate surface area is 82.4 Å². The van der Waals surface area contributed by atoms with E-state index in [1.807, 2.05) is 0 Å². The molecule has 1 aromatic rings. The molecule has 4 nitrogen and oxygen atoms in total. The molecule has 0 unspecified atom stereocenters. The van der Waals surface area contributed by atoms with Gasteiger partial charge in [-0.3, -0.25) is 0 Å². The lowest BCUT2D eigenvalue weighted by molar-refractivity contribution is 0.0691. The summed E-state index contributed by atoms with van der Waals surface area (Å²) in [5, 5.41) is 26.5. The van der Waals surface area contributed by atoms with Crippen molar-refractivity contribution < 1.29 is 15.0 Å². The van der Waals surface area contributed by atoms with Gasteiger partial charge < -0.3 is 10.2 Å². The Morgan fingerprint density at radius 3 is 2.62 bits per heavy atom. The van der Waals surface area contributed by atoms with Crippen LogP contribution in [0.3, 0.4) is 0 Å².